The van der Waals surface area contributed by atoms with Gasteiger partial charge in [-0.2, -0.15) is 0 Å². The maximum absolute atomic E-state index is 12.3. The Hall–Kier alpha value is -2.92. The van der Waals surface area contributed by atoms with Gasteiger partial charge in [-0.25, -0.2) is 0 Å². The highest BCUT2D eigenvalue weighted by molar-refractivity contribution is 6.31. The first-order valence-corrected chi connectivity index (χ1v) is 7.92. The first kappa shape index (κ1) is 16.9. The van der Waals surface area contributed by atoms with Crippen LogP contribution in [0.25, 0.3) is 0 Å². The van der Waals surface area contributed by atoms with Crippen molar-refractivity contribution >= 4 is 23.2 Å². The minimum absolute atomic E-state index is 0.216. The highest BCUT2D eigenvalue weighted by Crippen LogP contribution is 2.33. The van der Waals surface area contributed by atoms with Gasteiger partial charge in [0.15, 0.2) is 11.5 Å². The summed E-state index contributed by atoms with van der Waals surface area (Å²) >= 11 is 6.05. The molecule has 1 heterocycles. The van der Waals surface area contributed by atoms with Crippen LogP contribution in [0.15, 0.2) is 59.0 Å². The third kappa shape index (κ3) is 4.14. The largest absolute Gasteiger partial charge is 0.497 e. The average Bonchev–Trinajstić information content (AvgIpc) is 3.04. The first-order chi connectivity index (χ1) is 12.0. The normalized spacial score (nSPS) is 10.4. The number of ether oxygens (including phenoxy) is 2. The van der Waals surface area contributed by atoms with Crippen molar-refractivity contribution < 1.29 is 18.7 Å². The molecule has 0 bridgehead atoms. The van der Waals surface area contributed by atoms with Crippen LogP contribution in [0.4, 0.5) is 5.69 Å². The van der Waals surface area contributed by atoms with E-state index in [0.29, 0.717) is 28.0 Å². The van der Waals surface area contributed by atoms with Crippen LogP contribution in [-0.4, -0.2) is 13.0 Å². The highest BCUT2D eigenvalue weighted by Gasteiger charge is 2.14. The number of aryl methyl sites for hydroxylation is 1. The average molecular weight is 358 g/mol. The van der Waals surface area contributed by atoms with Gasteiger partial charge < -0.3 is 19.2 Å². The van der Waals surface area contributed by atoms with Crippen LogP contribution >= 0.6 is 11.6 Å². The van der Waals surface area contributed by atoms with Crippen LogP contribution in [0.5, 0.6) is 17.2 Å². The smallest absolute Gasteiger partial charge is 0.291 e. The van der Waals surface area contributed by atoms with Gasteiger partial charge in [0.2, 0.25) is 0 Å². The predicted molar refractivity (Wildman–Crippen MR) is 95.9 cm³/mol. The molecular formula is C19H16ClNO4. The molecule has 0 fully saturated rings. The van der Waals surface area contributed by atoms with E-state index in [-0.39, 0.29) is 11.7 Å². The van der Waals surface area contributed by atoms with Gasteiger partial charge in [-0.05, 0) is 61.5 Å². The van der Waals surface area contributed by atoms with Crippen LogP contribution in [0, 0.1) is 6.92 Å². The Balaban J connectivity index is 1.83. The Morgan fingerprint density at radius 2 is 1.76 bits per heavy atom. The molecule has 1 aromatic heterocycles. The van der Waals surface area contributed by atoms with Crippen molar-refractivity contribution in [3.63, 3.8) is 0 Å². The predicted octanol–water partition coefficient (Wildman–Crippen LogP) is 5.29. The lowest BCUT2D eigenvalue weighted by Gasteiger charge is -2.12. The maximum atomic E-state index is 12.3. The van der Waals surface area contributed by atoms with Crippen molar-refractivity contribution in [3.8, 4) is 17.2 Å². The second kappa shape index (κ2) is 7.32. The number of nitrogens with one attached hydrogen (secondary N) is 1. The molecule has 0 atom stereocenters. The van der Waals surface area contributed by atoms with E-state index >= 15 is 0 Å². The monoisotopic (exact) mass is 357 g/mol. The molecule has 0 radical (unpaired) electrons. The Labute approximate surface area is 150 Å². The van der Waals surface area contributed by atoms with E-state index in [4.69, 9.17) is 25.5 Å². The molecule has 3 rings (SSSR count). The highest BCUT2D eigenvalue weighted by atomic mass is 35.5. The Bertz CT molecular complexity index is 887. The van der Waals surface area contributed by atoms with E-state index in [9.17, 15) is 4.79 Å². The van der Waals surface area contributed by atoms with Gasteiger partial charge in [-0.15, -0.1) is 0 Å². The molecule has 0 aliphatic rings. The number of furan rings is 1. The quantitative estimate of drug-likeness (QED) is 0.673. The van der Waals surface area contributed by atoms with Crippen molar-refractivity contribution in [2.24, 2.45) is 0 Å². The summed E-state index contributed by atoms with van der Waals surface area (Å²) in [5.74, 6) is 2.29. The Kier molecular flexibility index (Phi) is 4.95. The molecule has 0 aliphatic heterocycles. The molecule has 25 heavy (non-hydrogen) atoms. The molecule has 5 nitrogen and oxygen atoms in total. The summed E-state index contributed by atoms with van der Waals surface area (Å²) in [5, 5.41) is 3.24. The number of hydrogen-bond donors (Lipinski definition) is 1. The van der Waals surface area contributed by atoms with Crippen LogP contribution in [0.1, 0.15) is 16.3 Å². The van der Waals surface area contributed by atoms with E-state index < -0.39 is 0 Å². The summed E-state index contributed by atoms with van der Waals surface area (Å²) in [4.78, 5) is 12.3. The summed E-state index contributed by atoms with van der Waals surface area (Å²) in [5.41, 5.74) is 0.447. The van der Waals surface area contributed by atoms with E-state index in [1.165, 1.54) is 0 Å². The van der Waals surface area contributed by atoms with Crippen molar-refractivity contribution in [1.29, 1.82) is 0 Å². The summed E-state index contributed by atoms with van der Waals surface area (Å²) in [6.07, 6.45) is 0. The fourth-order valence-corrected chi connectivity index (χ4v) is 2.37. The molecule has 0 saturated carbocycles. The number of benzene rings is 2. The molecule has 1 N–H and O–H groups in total. The molecule has 0 saturated heterocycles. The maximum Gasteiger partial charge on any atom is 0.291 e. The van der Waals surface area contributed by atoms with Crippen LogP contribution < -0.4 is 14.8 Å². The molecule has 1 amide bonds. The zero-order valence-corrected chi connectivity index (χ0v) is 14.5. The number of carbonyl (C=O) groups excluding carboxylic acids is 1. The number of rotatable bonds is 5. The molecule has 6 heteroatoms. The van der Waals surface area contributed by atoms with Crippen molar-refractivity contribution in [2.75, 3.05) is 12.4 Å². The van der Waals surface area contributed by atoms with Gasteiger partial charge in [-0.3, -0.25) is 4.79 Å². The summed E-state index contributed by atoms with van der Waals surface area (Å²) in [7, 11) is 1.60. The number of anilines is 1. The molecule has 0 aliphatic carbocycles. The minimum atomic E-state index is -0.380. The van der Waals surface area contributed by atoms with Crippen molar-refractivity contribution in [1.82, 2.24) is 0 Å². The third-order valence-corrected chi connectivity index (χ3v) is 3.68. The van der Waals surface area contributed by atoms with Gasteiger partial charge in [0.25, 0.3) is 5.91 Å². The van der Waals surface area contributed by atoms with Crippen LogP contribution in [-0.2, 0) is 0 Å². The first-order valence-electron chi connectivity index (χ1n) is 7.54. The fourth-order valence-electron chi connectivity index (χ4n) is 2.20. The lowest BCUT2D eigenvalue weighted by Crippen LogP contribution is -2.11. The topological polar surface area (TPSA) is 60.7 Å². The zero-order chi connectivity index (χ0) is 17.8. The summed E-state index contributed by atoms with van der Waals surface area (Å²) < 4.78 is 16.3. The van der Waals surface area contributed by atoms with Gasteiger partial charge >= 0.3 is 0 Å². The van der Waals surface area contributed by atoms with Gasteiger partial charge in [0.1, 0.15) is 17.3 Å². The van der Waals surface area contributed by atoms with Crippen molar-refractivity contribution in [3.05, 3.63) is 71.1 Å². The standard InChI is InChI=1S/C19H16ClNO4/c1-12-3-9-18(24-12)19(22)21-16-11-13(20)4-10-17(16)25-15-7-5-14(23-2)6-8-15/h3-11H,1-2H3,(H,21,22). The van der Waals surface area contributed by atoms with Crippen LogP contribution in [0.3, 0.4) is 0 Å². The second-order valence-electron chi connectivity index (χ2n) is 5.28. The Morgan fingerprint density at radius 3 is 2.40 bits per heavy atom. The molecule has 3 aromatic rings. The fraction of sp³-hybridized carbons (Fsp3) is 0.105. The van der Waals surface area contributed by atoms with E-state index in [1.807, 2.05) is 0 Å². The molecule has 128 valence electrons. The SMILES string of the molecule is COc1ccc(Oc2ccc(Cl)cc2NC(=O)c2ccc(C)o2)cc1. The molecular weight excluding hydrogens is 342 g/mol. The number of halogens is 1. The van der Waals surface area contributed by atoms with Crippen LogP contribution in [0.2, 0.25) is 5.02 Å². The van der Waals surface area contributed by atoms with E-state index in [0.717, 1.165) is 5.75 Å². The third-order valence-electron chi connectivity index (χ3n) is 3.44. The van der Waals surface area contributed by atoms with E-state index in [1.54, 1.807) is 68.6 Å². The molecule has 0 spiro atoms. The number of methoxy groups -OCH3 is 1. The number of hydrogen-bond acceptors (Lipinski definition) is 4. The van der Waals surface area contributed by atoms with Crippen molar-refractivity contribution in [2.45, 2.75) is 6.92 Å². The minimum Gasteiger partial charge on any atom is -0.497 e. The van der Waals surface area contributed by atoms with Gasteiger partial charge in [-0.1, -0.05) is 11.6 Å². The lowest BCUT2D eigenvalue weighted by atomic mass is 10.2. The molecule has 2 aromatic carbocycles. The lowest BCUT2D eigenvalue weighted by molar-refractivity contribution is 0.0995. The molecule has 0 unspecified atom stereocenters. The van der Waals surface area contributed by atoms with Gasteiger partial charge in [0.05, 0.1) is 12.8 Å². The van der Waals surface area contributed by atoms with E-state index in [2.05, 4.69) is 5.32 Å². The second-order valence-corrected chi connectivity index (χ2v) is 5.72. The summed E-state index contributed by atoms with van der Waals surface area (Å²) in [6.45, 7) is 1.77. The zero-order valence-electron chi connectivity index (χ0n) is 13.7. The summed E-state index contributed by atoms with van der Waals surface area (Å²) in [6, 6.07) is 15.5. The Morgan fingerprint density at radius 1 is 1.04 bits per heavy atom. The number of amides is 1. The number of carbonyl (C=O) groups is 1. The van der Waals surface area contributed by atoms with Gasteiger partial charge in [0, 0.05) is 5.02 Å².